The largest absolute Gasteiger partial charge is 0.370 e. The van der Waals surface area contributed by atoms with Crippen molar-refractivity contribution in [1.82, 2.24) is 10.3 Å². The predicted octanol–water partition coefficient (Wildman–Crippen LogP) is 1.66. The van der Waals surface area contributed by atoms with Crippen LogP contribution in [0.25, 0.3) is 0 Å². The molecule has 0 radical (unpaired) electrons. The molecule has 1 unspecified atom stereocenters. The first-order valence-corrected chi connectivity index (χ1v) is 5.04. The van der Waals surface area contributed by atoms with E-state index in [1.54, 1.807) is 0 Å². The molecule has 1 heterocycles. The van der Waals surface area contributed by atoms with Crippen LogP contribution in [0, 0.1) is 12.8 Å². The van der Waals surface area contributed by atoms with Crippen molar-refractivity contribution in [3.63, 3.8) is 0 Å². The highest BCUT2D eigenvalue weighted by Gasteiger charge is 2.02. The van der Waals surface area contributed by atoms with Gasteiger partial charge < -0.3 is 10.6 Å². The zero-order chi connectivity index (χ0) is 10.4. The number of hydrogen-bond acceptors (Lipinski definition) is 3. The molecular weight excluding hydrogens is 174 g/mol. The lowest BCUT2D eigenvalue weighted by molar-refractivity contribution is 0.568. The molecule has 0 aliphatic carbocycles. The number of nitrogens with one attached hydrogen (secondary N) is 2. The fraction of sp³-hybridized carbons (Fsp3) is 0.545. The van der Waals surface area contributed by atoms with E-state index in [0.717, 1.165) is 18.9 Å². The van der Waals surface area contributed by atoms with E-state index in [1.807, 2.05) is 19.3 Å². The summed E-state index contributed by atoms with van der Waals surface area (Å²) in [7, 11) is 1.97. The first-order valence-electron chi connectivity index (χ1n) is 5.04. The molecular formula is C11H19N3. The minimum atomic E-state index is 0.612. The standard InChI is InChI=1S/C11H19N3/c1-9(7-12-3)8-14-11-10(2)5-4-6-13-11/h4-6,9,12H,7-8H2,1-3H3,(H,13,14). The Morgan fingerprint density at radius 2 is 2.21 bits per heavy atom. The number of aromatic nitrogens is 1. The van der Waals surface area contributed by atoms with Crippen molar-refractivity contribution in [3.8, 4) is 0 Å². The fourth-order valence-corrected chi connectivity index (χ4v) is 1.36. The molecule has 1 atom stereocenters. The highest BCUT2D eigenvalue weighted by Crippen LogP contribution is 2.09. The molecule has 3 nitrogen and oxygen atoms in total. The van der Waals surface area contributed by atoms with Crippen LogP contribution in [0.2, 0.25) is 0 Å². The van der Waals surface area contributed by atoms with Crippen molar-refractivity contribution in [2.45, 2.75) is 13.8 Å². The van der Waals surface area contributed by atoms with Crippen LogP contribution < -0.4 is 10.6 Å². The van der Waals surface area contributed by atoms with Gasteiger partial charge in [0.05, 0.1) is 0 Å². The third-order valence-electron chi connectivity index (χ3n) is 2.18. The molecule has 0 bridgehead atoms. The second-order valence-corrected chi connectivity index (χ2v) is 3.71. The van der Waals surface area contributed by atoms with Crippen LogP contribution in [0.4, 0.5) is 5.82 Å². The molecule has 1 aromatic rings. The molecule has 0 aliphatic heterocycles. The van der Waals surface area contributed by atoms with Crippen LogP contribution in [0.15, 0.2) is 18.3 Å². The van der Waals surface area contributed by atoms with Gasteiger partial charge in [-0.1, -0.05) is 13.0 Å². The Morgan fingerprint density at radius 3 is 2.86 bits per heavy atom. The average molecular weight is 193 g/mol. The molecule has 2 N–H and O–H groups in total. The van der Waals surface area contributed by atoms with Crippen LogP contribution in [0.5, 0.6) is 0 Å². The molecule has 1 rings (SSSR count). The highest BCUT2D eigenvalue weighted by atomic mass is 15.0. The molecule has 0 saturated carbocycles. The highest BCUT2D eigenvalue weighted by molar-refractivity contribution is 5.42. The maximum absolute atomic E-state index is 4.28. The number of nitrogens with zero attached hydrogens (tertiary/aromatic N) is 1. The molecule has 78 valence electrons. The Morgan fingerprint density at radius 1 is 1.43 bits per heavy atom. The summed E-state index contributed by atoms with van der Waals surface area (Å²) < 4.78 is 0. The Balaban J connectivity index is 2.41. The van der Waals surface area contributed by atoms with E-state index in [1.165, 1.54) is 5.56 Å². The van der Waals surface area contributed by atoms with Crippen molar-refractivity contribution in [2.75, 3.05) is 25.5 Å². The quantitative estimate of drug-likeness (QED) is 0.746. The maximum Gasteiger partial charge on any atom is 0.128 e. The van der Waals surface area contributed by atoms with Gasteiger partial charge in [0.1, 0.15) is 5.82 Å². The number of aryl methyl sites for hydroxylation is 1. The lowest BCUT2D eigenvalue weighted by Gasteiger charge is -2.13. The van der Waals surface area contributed by atoms with E-state index < -0.39 is 0 Å². The van der Waals surface area contributed by atoms with Crippen LogP contribution >= 0.6 is 0 Å². The van der Waals surface area contributed by atoms with Crippen molar-refractivity contribution >= 4 is 5.82 Å². The van der Waals surface area contributed by atoms with Crippen LogP contribution in [-0.2, 0) is 0 Å². The summed E-state index contributed by atoms with van der Waals surface area (Å²) in [6.07, 6.45) is 1.82. The minimum Gasteiger partial charge on any atom is -0.370 e. The smallest absolute Gasteiger partial charge is 0.128 e. The summed E-state index contributed by atoms with van der Waals surface area (Å²) in [5.41, 5.74) is 1.20. The molecule has 0 saturated heterocycles. The van der Waals surface area contributed by atoms with Gasteiger partial charge in [-0.2, -0.15) is 0 Å². The maximum atomic E-state index is 4.28. The van der Waals surface area contributed by atoms with E-state index >= 15 is 0 Å². The number of pyridine rings is 1. The molecule has 0 aromatic carbocycles. The Labute approximate surface area is 85.9 Å². The summed E-state index contributed by atoms with van der Waals surface area (Å²) >= 11 is 0. The summed E-state index contributed by atoms with van der Waals surface area (Å²) in [6, 6.07) is 4.02. The van der Waals surface area contributed by atoms with Crippen LogP contribution in [-0.4, -0.2) is 25.1 Å². The third kappa shape index (κ3) is 3.34. The van der Waals surface area contributed by atoms with E-state index in [2.05, 4.69) is 35.5 Å². The Bertz CT molecular complexity index is 273. The van der Waals surface area contributed by atoms with Gasteiger partial charge in [-0.05, 0) is 38.1 Å². The van der Waals surface area contributed by atoms with Crippen molar-refractivity contribution < 1.29 is 0 Å². The van der Waals surface area contributed by atoms with Crippen LogP contribution in [0.1, 0.15) is 12.5 Å². The minimum absolute atomic E-state index is 0.612. The monoisotopic (exact) mass is 193 g/mol. The molecule has 0 aliphatic rings. The van der Waals surface area contributed by atoms with Gasteiger partial charge in [0.2, 0.25) is 0 Å². The molecule has 0 fully saturated rings. The Hall–Kier alpha value is -1.09. The van der Waals surface area contributed by atoms with E-state index in [9.17, 15) is 0 Å². The molecule has 0 amide bonds. The Kier molecular flexibility index (Phi) is 4.40. The van der Waals surface area contributed by atoms with Crippen LogP contribution in [0.3, 0.4) is 0 Å². The first kappa shape index (κ1) is 11.0. The fourth-order valence-electron chi connectivity index (χ4n) is 1.36. The normalized spacial score (nSPS) is 12.5. The van der Waals surface area contributed by atoms with E-state index in [0.29, 0.717) is 5.92 Å². The first-order chi connectivity index (χ1) is 6.74. The molecule has 1 aromatic heterocycles. The second kappa shape index (κ2) is 5.60. The average Bonchev–Trinajstić information content (AvgIpc) is 2.17. The summed E-state index contributed by atoms with van der Waals surface area (Å²) in [6.45, 7) is 6.26. The number of rotatable bonds is 5. The molecule has 14 heavy (non-hydrogen) atoms. The van der Waals surface area contributed by atoms with Gasteiger partial charge in [0.25, 0.3) is 0 Å². The van der Waals surface area contributed by atoms with E-state index in [-0.39, 0.29) is 0 Å². The summed E-state index contributed by atoms with van der Waals surface area (Å²) in [5, 5.41) is 6.50. The molecule has 3 heteroatoms. The van der Waals surface area contributed by atoms with Gasteiger partial charge in [0.15, 0.2) is 0 Å². The van der Waals surface area contributed by atoms with Gasteiger partial charge in [-0.15, -0.1) is 0 Å². The summed E-state index contributed by atoms with van der Waals surface area (Å²) in [5.74, 6) is 1.61. The predicted molar refractivity (Wildman–Crippen MR) is 60.6 cm³/mol. The third-order valence-corrected chi connectivity index (χ3v) is 2.18. The van der Waals surface area contributed by atoms with Gasteiger partial charge in [0, 0.05) is 12.7 Å². The van der Waals surface area contributed by atoms with Crippen molar-refractivity contribution in [2.24, 2.45) is 5.92 Å². The number of hydrogen-bond donors (Lipinski definition) is 2. The van der Waals surface area contributed by atoms with Gasteiger partial charge in [-0.3, -0.25) is 0 Å². The topological polar surface area (TPSA) is 37.0 Å². The lowest BCUT2D eigenvalue weighted by atomic mass is 10.2. The number of anilines is 1. The van der Waals surface area contributed by atoms with Crippen molar-refractivity contribution in [3.05, 3.63) is 23.9 Å². The van der Waals surface area contributed by atoms with E-state index in [4.69, 9.17) is 0 Å². The lowest BCUT2D eigenvalue weighted by Crippen LogP contribution is -2.23. The SMILES string of the molecule is CNCC(C)CNc1ncccc1C. The van der Waals surface area contributed by atoms with Gasteiger partial charge >= 0.3 is 0 Å². The second-order valence-electron chi connectivity index (χ2n) is 3.71. The molecule has 0 spiro atoms. The van der Waals surface area contributed by atoms with Gasteiger partial charge in [-0.25, -0.2) is 4.98 Å². The zero-order valence-corrected chi connectivity index (χ0v) is 9.17. The zero-order valence-electron chi connectivity index (χ0n) is 9.17. The van der Waals surface area contributed by atoms with Crippen molar-refractivity contribution in [1.29, 1.82) is 0 Å². The summed E-state index contributed by atoms with van der Waals surface area (Å²) in [4.78, 5) is 4.28.